The van der Waals surface area contributed by atoms with E-state index in [1.165, 1.54) is 0 Å². The van der Waals surface area contributed by atoms with E-state index in [1.54, 1.807) is 6.07 Å². The van der Waals surface area contributed by atoms with Crippen LogP contribution in [-0.4, -0.2) is 38.8 Å². The standard InChI is InChI=1S/C19H21ClN2O3/c1-14-3-2-4-16(11-14)25-13-19(23)21-17-12-15(20)5-6-18(17)22-7-9-24-10-8-22/h2-6,11-12H,7-10,13H2,1H3,(H,21,23). The summed E-state index contributed by atoms with van der Waals surface area (Å²) in [5.41, 5.74) is 2.71. The third-order valence-electron chi connectivity index (χ3n) is 3.94. The summed E-state index contributed by atoms with van der Waals surface area (Å²) in [6.07, 6.45) is 0. The van der Waals surface area contributed by atoms with Gasteiger partial charge in [-0.05, 0) is 42.8 Å². The van der Waals surface area contributed by atoms with Crippen molar-refractivity contribution in [2.24, 2.45) is 0 Å². The Kier molecular flexibility index (Phi) is 5.79. The van der Waals surface area contributed by atoms with Crippen molar-refractivity contribution in [3.8, 4) is 5.75 Å². The van der Waals surface area contributed by atoms with E-state index in [0.717, 1.165) is 24.3 Å². The first kappa shape index (κ1) is 17.6. The summed E-state index contributed by atoms with van der Waals surface area (Å²) in [5.74, 6) is 0.452. The Bertz CT molecular complexity index is 745. The maximum Gasteiger partial charge on any atom is 0.262 e. The first-order valence-corrected chi connectivity index (χ1v) is 8.61. The van der Waals surface area contributed by atoms with E-state index < -0.39 is 0 Å². The Labute approximate surface area is 152 Å². The van der Waals surface area contributed by atoms with Crippen LogP contribution in [0, 0.1) is 6.92 Å². The van der Waals surface area contributed by atoms with Crippen LogP contribution in [0.1, 0.15) is 5.56 Å². The van der Waals surface area contributed by atoms with Gasteiger partial charge in [0, 0.05) is 18.1 Å². The second kappa shape index (κ2) is 8.23. The summed E-state index contributed by atoms with van der Waals surface area (Å²) in [7, 11) is 0. The highest BCUT2D eigenvalue weighted by Gasteiger charge is 2.16. The molecule has 1 fully saturated rings. The average Bonchev–Trinajstić information content (AvgIpc) is 2.61. The Morgan fingerprint density at radius 2 is 2.04 bits per heavy atom. The lowest BCUT2D eigenvalue weighted by molar-refractivity contribution is -0.118. The summed E-state index contributed by atoms with van der Waals surface area (Å²) in [5, 5.41) is 3.48. The molecule has 0 atom stereocenters. The number of hydrogen-bond donors (Lipinski definition) is 1. The lowest BCUT2D eigenvalue weighted by atomic mass is 10.2. The van der Waals surface area contributed by atoms with Crippen LogP contribution in [0.2, 0.25) is 5.02 Å². The largest absolute Gasteiger partial charge is 0.484 e. The van der Waals surface area contributed by atoms with Gasteiger partial charge in [-0.3, -0.25) is 4.79 Å². The molecule has 1 N–H and O–H groups in total. The van der Waals surface area contributed by atoms with Crippen molar-refractivity contribution < 1.29 is 14.3 Å². The predicted molar refractivity (Wildman–Crippen MR) is 99.8 cm³/mol. The van der Waals surface area contributed by atoms with E-state index in [0.29, 0.717) is 29.7 Å². The van der Waals surface area contributed by atoms with Gasteiger partial charge in [0.25, 0.3) is 5.91 Å². The van der Waals surface area contributed by atoms with Gasteiger partial charge in [0.1, 0.15) is 5.75 Å². The maximum atomic E-state index is 12.3. The van der Waals surface area contributed by atoms with E-state index in [4.69, 9.17) is 21.1 Å². The Hall–Kier alpha value is -2.24. The van der Waals surface area contributed by atoms with Crippen LogP contribution in [0.4, 0.5) is 11.4 Å². The van der Waals surface area contributed by atoms with Gasteiger partial charge in [-0.2, -0.15) is 0 Å². The minimum Gasteiger partial charge on any atom is -0.484 e. The third-order valence-corrected chi connectivity index (χ3v) is 4.18. The summed E-state index contributed by atoms with van der Waals surface area (Å²) >= 11 is 6.10. The number of hydrogen-bond acceptors (Lipinski definition) is 4. The molecule has 1 saturated heterocycles. The van der Waals surface area contributed by atoms with Gasteiger partial charge >= 0.3 is 0 Å². The molecule has 0 radical (unpaired) electrons. The average molecular weight is 361 g/mol. The zero-order chi connectivity index (χ0) is 17.6. The molecule has 25 heavy (non-hydrogen) atoms. The number of rotatable bonds is 5. The van der Waals surface area contributed by atoms with Crippen molar-refractivity contribution in [3.05, 3.63) is 53.1 Å². The van der Waals surface area contributed by atoms with Crippen molar-refractivity contribution in [2.75, 3.05) is 43.1 Å². The smallest absolute Gasteiger partial charge is 0.262 e. The molecule has 1 heterocycles. The number of aryl methyl sites for hydroxylation is 1. The molecule has 2 aromatic carbocycles. The summed E-state index contributed by atoms with van der Waals surface area (Å²) in [6, 6.07) is 13.1. The van der Waals surface area contributed by atoms with Crippen molar-refractivity contribution in [1.82, 2.24) is 0 Å². The molecule has 0 saturated carbocycles. The van der Waals surface area contributed by atoms with Gasteiger partial charge in [0.2, 0.25) is 0 Å². The van der Waals surface area contributed by atoms with Crippen molar-refractivity contribution in [3.63, 3.8) is 0 Å². The number of anilines is 2. The molecule has 1 aliphatic rings. The molecule has 0 spiro atoms. The number of ether oxygens (including phenoxy) is 2. The minimum atomic E-state index is -0.224. The van der Waals surface area contributed by atoms with E-state index >= 15 is 0 Å². The Morgan fingerprint density at radius 1 is 1.24 bits per heavy atom. The molecular weight excluding hydrogens is 340 g/mol. The summed E-state index contributed by atoms with van der Waals surface area (Å²) < 4.78 is 10.9. The van der Waals surface area contributed by atoms with Gasteiger partial charge in [-0.25, -0.2) is 0 Å². The molecule has 0 unspecified atom stereocenters. The highest BCUT2D eigenvalue weighted by molar-refractivity contribution is 6.31. The van der Waals surface area contributed by atoms with Crippen LogP contribution in [0.3, 0.4) is 0 Å². The number of nitrogens with one attached hydrogen (secondary N) is 1. The SMILES string of the molecule is Cc1cccc(OCC(=O)Nc2cc(Cl)ccc2N2CCOCC2)c1. The molecule has 6 heteroatoms. The third kappa shape index (κ3) is 4.87. The first-order chi connectivity index (χ1) is 12.1. The topological polar surface area (TPSA) is 50.8 Å². The second-order valence-corrected chi connectivity index (χ2v) is 6.35. The number of carbonyl (C=O) groups is 1. The Morgan fingerprint density at radius 3 is 2.80 bits per heavy atom. The second-order valence-electron chi connectivity index (χ2n) is 5.91. The maximum absolute atomic E-state index is 12.3. The van der Waals surface area contributed by atoms with Crippen molar-refractivity contribution in [1.29, 1.82) is 0 Å². The van der Waals surface area contributed by atoms with E-state index in [-0.39, 0.29) is 12.5 Å². The zero-order valence-corrected chi connectivity index (χ0v) is 14.9. The van der Waals surface area contributed by atoms with E-state index in [2.05, 4.69) is 10.2 Å². The van der Waals surface area contributed by atoms with Gasteiger partial charge in [0.05, 0.1) is 24.6 Å². The van der Waals surface area contributed by atoms with Crippen molar-refractivity contribution >= 4 is 28.9 Å². The normalized spacial score (nSPS) is 14.2. The van der Waals surface area contributed by atoms with Crippen LogP contribution >= 0.6 is 11.6 Å². The minimum absolute atomic E-state index is 0.0570. The van der Waals surface area contributed by atoms with Gasteiger partial charge in [-0.15, -0.1) is 0 Å². The van der Waals surface area contributed by atoms with E-state index in [1.807, 2.05) is 43.3 Å². The highest BCUT2D eigenvalue weighted by atomic mass is 35.5. The lowest BCUT2D eigenvalue weighted by Crippen LogP contribution is -2.37. The van der Waals surface area contributed by atoms with Gasteiger partial charge in [0.15, 0.2) is 6.61 Å². The van der Waals surface area contributed by atoms with Crippen molar-refractivity contribution in [2.45, 2.75) is 6.92 Å². The monoisotopic (exact) mass is 360 g/mol. The molecule has 0 bridgehead atoms. The van der Waals surface area contributed by atoms with Gasteiger partial charge in [-0.1, -0.05) is 23.7 Å². The molecule has 5 nitrogen and oxygen atoms in total. The first-order valence-electron chi connectivity index (χ1n) is 8.23. The molecular formula is C19H21ClN2O3. The molecule has 132 valence electrons. The quantitative estimate of drug-likeness (QED) is 0.886. The van der Waals surface area contributed by atoms with Crippen LogP contribution < -0.4 is 15.0 Å². The molecule has 0 aromatic heterocycles. The fourth-order valence-corrected chi connectivity index (χ4v) is 2.90. The summed E-state index contributed by atoms with van der Waals surface area (Å²) in [4.78, 5) is 14.5. The van der Waals surface area contributed by atoms with Crippen LogP contribution in [0.5, 0.6) is 5.75 Å². The highest BCUT2D eigenvalue weighted by Crippen LogP contribution is 2.29. The van der Waals surface area contributed by atoms with Crippen LogP contribution in [-0.2, 0) is 9.53 Å². The summed E-state index contributed by atoms with van der Waals surface area (Å²) in [6.45, 7) is 4.83. The molecule has 0 aliphatic carbocycles. The van der Waals surface area contributed by atoms with Crippen LogP contribution in [0.15, 0.2) is 42.5 Å². The van der Waals surface area contributed by atoms with E-state index in [9.17, 15) is 4.79 Å². The molecule has 1 aliphatic heterocycles. The number of carbonyl (C=O) groups excluding carboxylic acids is 1. The lowest BCUT2D eigenvalue weighted by Gasteiger charge is -2.30. The fourth-order valence-electron chi connectivity index (χ4n) is 2.73. The number of halogens is 1. The number of benzene rings is 2. The number of nitrogens with zero attached hydrogens (tertiary/aromatic N) is 1. The van der Waals surface area contributed by atoms with Crippen LogP contribution in [0.25, 0.3) is 0 Å². The number of morpholine rings is 1. The number of amides is 1. The molecule has 3 rings (SSSR count). The molecule has 2 aromatic rings. The zero-order valence-electron chi connectivity index (χ0n) is 14.1. The predicted octanol–water partition coefficient (Wildman–Crippen LogP) is 3.50. The molecule has 1 amide bonds. The fraction of sp³-hybridized carbons (Fsp3) is 0.316. The Balaban J connectivity index is 1.66. The van der Waals surface area contributed by atoms with Gasteiger partial charge < -0.3 is 19.7 Å².